The lowest BCUT2D eigenvalue weighted by Crippen LogP contribution is -2.57. The fraction of sp³-hybridized carbons (Fsp3) is 0.909. The molecule has 1 aliphatic carbocycles. The van der Waals surface area contributed by atoms with Crippen LogP contribution < -0.4 is 11.1 Å². The van der Waals surface area contributed by atoms with E-state index in [1.54, 1.807) is 0 Å². The molecule has 1 saturated heterocycles. The first-order chi connectivity index (χ1) is 7.66. The number of aliphatic hydroxyl groups excluding tert-OH is 1. The number of hydrogen-bond acceptors (Lipinski definition) is 4. The van der Waals surface area contributed by atoms with Gasteiger partial charge in [0.2, 0.25) is 5.91 Å². The third-order valence-electron chi connectivity index (χ3n) is 3.86. The summed E-state index contributed by atoms with van der Waals surface area (Å²) in [6.07, 6.45) is 3.09. The zero-order chi connectivity index (χ0) is 11.6. The average Bonchev–Trinajstić information content (AvgIpc) is 3.11. The summed E-state index contributed by atoms with van der Waals surface area (Å²) in [6, 6.07) is 0. The number of carbonyl (C=O) groups excluding carboxylic acids is 1. The molecule has 0 aromatic heterocycles. The van der Waals surface area contributed by atoms with Crippen LogP contribution in [-0.4, -0.2) is 42.9 Å². The van der Waals surface area contributed by atoms with Crippen LogP contribution in [0.15, 0.2) is 0 Å². The van der Waals surface area contributed by atoms with E-state index in [0.717, 1.165) is 12.8 Å². The van der Waals surface area contributed by atoms with E-state index in [1.165, 1.54) is 0 Å². The van der Waals surface area contributed by atoms with Crippen LogP contribution in [0.3, 0.4) is 0 Å². The van der Waals surface area contributed by atoms with E-state index in [0.29, 0.717) is 32.6 Å². The summed E-state index contributed by atoms with van der Waals surface area (Å²) in [5.74, 6) is 0.00551. The van der Waals surface area contributed by atoms with E-state index in [2.05, 4.69) is 5.32 Å². The maximum absolute atomic E-state index is 12.0. The molecule has 1 aliphatic heterocycles. The van der Waals surface area contributed by atoms with Gasteiger partial charge in [-0.25, -0.2) is 0 Å². The van der Waals surface area contributed by atoms with Gasteiger partial charge in [-0.2, -0.15) is 0 Å². The summed E-state index contributed by atoms with van der Waals surface area (Å²) >= 11 is 0. The van der Waals surface area contributed by atoms with Crippen molar-refractivity contribution < 1.29 is 14.6 Å². The number of aliphatic hydroxyl groups is 1. The van der Waals surface area contributed by atoms with Crippen molar-refractivity contribution in [2.75, 3.05) is 26.4 Å². The van der Waals surface area contributed by atoms with Crippen molar-refractivity contribution in [2.45, 2.75) is 31.2 Å². The second-order valence-electron chi connectivity index (χ2n) is 4.99. The largest absolute Gasteiger partial charge is 0.394 e. The summed E-state index contributed by atoms with van der Waals surface area (Å²) in [6.45, 7) is 1.56. The van der Waals surface area contributed by atoms with Gasteiger partial charge in [0, 0.05) is 19.8 Å². The van der Waals surface area contributed by atoms with Gasteiger partial charge >= 0.3 is 0 Å². The molecule has 1 saturated carbocycles. The Morgan fingerprint density at radius 1 is 1.31 bits per heavy atom. The van der Waals surface area contributed by atoms with E-state index < -0.39 is 5.54 Å². The van der Waals surface area contributed by atoms with E-state index in [1.807, 2.05) is 0 Å². The zero-order valence-corrected chi connectivity index (χ0v) is 9.50. The second-order valence-corrected chi connectivity index (χ2v) is 4.99. The Bertz CT molecular complexity index is 270. The molecular formula is C11H20N2O3. The maximum atomic E-state index is 12.0. The first-order valence-electron chi connectivity index (χ1n) is 5.88. The highest BCUT2D eigenvalue weighted by atomic mass is 16.5. The molecule has 0 unspecified atom stereocenters. The normalized spacial score (nSPS) is 26.1. The molecule has 2 fully saturated rings. The van der Waals surface area contributed by atoms with Gasteiger partial charge in [-0.05, 0) is 25.7 Å². The molecule has 4 N–H and O–H groups in total. The first kappa shape index (κ1) is 11.8. The van der Waals surface area contributed by atoms with Crippen molar-refractivity contribution in [3.63, 3.8) is 0 Å². The molecule has 5 nitrogen and oxygen atoms in total. The minimum absolute atomic E-state index is 0.00551. The number of nitrogens with two attached hydrogens (primary N) is 1. The number of amides is 1. The highest BCUT2D eigenvalue weighted by Crippen LogP contribution is 2.45. The lowest BCUT2D eigenvalue weighted by molar-refractivity contribution is -0.130. The van der Waals surface area contributed by atoms with Crippen LogP contribution in [0.25, 0.3) is 0 Å². The highest BCUT2D eigenvalue weighted by Gasteiger charge is 2.50. The van der Waals surface area contributed by atoms with E-state index in [9.17, 15) is 9.90 Å². The summed E-state index contributed by atoms with van der Waals surface area (Å²) in [7, 11) is 0. The second kappa shape index (κ2) is 4.31. The number of hydrogen-bond donors (Lipinski definition) is 3. The fourth-order valence-corrected chi connectivity index (χ4v) is 2.13. The van der Waals surface area contributed by atoms with Crippen LogP contribution in [0.5, 0.6) is 0 Å². The topological polar surface area (TPSA) is 84.6 Å². The quantitative estimate of drug-likeness (QED) is 0.599. The standard InChI is InChI=1S/C11H20N2O3/c12-7-10(1-2-10)9(15)13-11(8-14)3-5-16-6-4-11/h14H,1-8,12H2,(H,13,15). The summed E-state index contributed by atoms with van der Waals surface area (Å²) in [5, 5.41) is 12.4. The van der Waals surface area contributed by atoms with Crippen molar-refractivity contribution >= 4 is 5.91 Å². The minimum atomic E-state index is -0.486. The maximum Gasteiger partial charge on any atom is 0.228 e. The molecule has 16 heavy (non-hydrogen) atoms. The molecule has 0 bridgehead atoms. The highest BCUT2D eigenvalue weighted by molar-refractivity contribution is 5.86. The predicted octanol–water partition coefficient (Wildman–Crippen LogP) is -0.617. The lowest BCUT2D eigenvalue weighted by atomic mass is 9.89. The molecule has 0 aromatic carbocycles. The lowest BCUT2D eigenvalue weighted by Gasteiger charge is -2.37. The monoisotopic (exact) mass is 228 g/mol. The molecule has 0 atom stereocenters. The number of ether oxygens (including phenoxy) is 1. The Balaban J connectivity index is 1.98. The van der Waals surface area contributed by atoms with Gasteiger partial charge in [0.15, 0.2) is 0 Å². The Hall–Kier alpha value is -0.650. The molecular weight excluding hydrogens is 208 g/mol. The van der Waals surface area contributed by atoms with Crippen LogP contribution in [-0.2, 0) is 9.53 Å². The predicted molar refractivity (Wildman–Crippen MR) is 58.7 cm³/mol. The smallest absolute Gasteiger partial charge is 0.228 e. The average molecular weight is 228 g/mol. The summed E-state index contributed by atoms with van der Waals surface area (Å²) in [4.78, 5) is 12.0. The molecule has 0 radical (unpaired) electrons. The number of nitrogens with one attached hydrogen (secondary N) is 1. The Morgan fingerprint density at radius 2 is 1.94 bits per heavy atom. The summed E-state index contributed by atoms with van der Waals surface area (Å²) in [5.41, 5.74) is 4.78. The van der Waals surface area contributed by atoms with E-state index in [4.69, 9.17) is 10.5 Å². The van der Waals surface area contributed by atoms with Crippen molar-refractivity contribution in [2.24, 2.45) is 11.1 Å². The van der Waals surface area contributed by atoms with Crippen LogP contribution in [0.1, 0.15) is 25.7 Å². The van der Waals surface area contributed by atoms with Gasteiger partial charge in [-0.1, -0.05) is 0 Å². The number of rotatable bonds is 4. The van der Waals surface area contributed by atoms with Gasteiger partial charge in [0.25, 0.3) is 0 Å². The Kier molecular flexibility index (Phi) is 3.19. The van der Waals surface area contributed by atoms with Gasteiger partial charge in [0.05, 0.1) is 17.6 Å². The molecule has 0 aromatic rings. The van der Waals surface area contributed by atoms with Crippen LogP contribution in [0.2, 0.25) is 0 Å². The molecule has 1 amide bonds. The van der Waals surface area contributed by atoms with Crippen molar-refractivity contribution in [3.8, 4) is 0 Å². The van der Waals surface area contributed by atoms with Crippen LogP contribution in [0, 0.1) is 5.41 Å². The van der Waals surface area contributed by atoms with Crippen molar-refractivity contribution in [1.82, 2.24) is 5.32 Å². The van der Waals surface area contributed by atoms with Gasteiger partial charge in [-0.3, -0.25) is 4.79 Å². The van der Waals surface area contributed by atoms with Gasteiger partial charge in [0.1, 0.15) is 0 Å². The molecule has 5 heteroatoms. The third kappa shape index (κ3) is 2.07. The van der Waals surface area contributed by atoms with E-state index in [-0.39, 0.29) is 17.9 Å². The van der Waals surface area contributed by atoms with E-state index >= 15 is 0 Å². The zero-order valence-electron chi connectivity index (χ0n) is 9.50. The molecule has 1 heterocycles. The summed E-state index contributed by atoms with van der Waals surface area (Å²) < 4.78 is 5.25. The van der Waals surface area contributed by atoms with Crippen molar-refractivity contribution in [3.05, 3.63) is 0 Å². The minimum Gasteiger partial charge on any atom is -0.394 e. The van der Waals surface area contributed by atoms with Crippen molar-refractivity contribution in [1.29, 1.82) is 0 Å². The number of carbonyl (C=O) groups is 1. The molecule has 2 aliphatic rings. The third-order valence-corrected chi connectivity index (χ3v) is 3.86. The SMILES string of the molecule is NCC1(C(=O)NC2(CO)CCOCC2)CC1. The van der Waals surface area contributed by atoms with Gasteiger partial charge < -0.3 is 20.9 Å². The Labute approximate surface area is 95.3 Å². The molecule has 0 spiro atoms. The molecule has 2 rings (SSSR count). The Morgan fingerprint density at radius 3 is 2.38 bits per heavy atom. The van der Waals surface area contributed by atoms with Crippen LogP contribution >= 0.6 is 0 Å². The molecule has 92 valence electrons. The van der Waals surface area contributed by atoms with Gasteiger partial charge in [-0.15, -0.1) is 0 Å². The first-order valence-corrected chi connectivity index (χ1v) is 5.88. The van der Waals surface area contributed by atoms with Crippen LogP contribution in [0.4, 0.5) is 0 Å². The fourth-order valence-electron chi connectivity index (χ4n) is 2.13.